The Labute approximate surface area is 248 Å². The predicted octanol–water partition coefficient (Wildman–Crippen LogP) is 7.21. The second kappa shape index (κ2) is 12.4. The average molecular weight is 635 g/mol. The standard InChI is InChI=1S/C30H23BrN2O7S/c1-38-26-15-21(24(31)17-27(26)40-18-19-9-11-22(12-10-19)33(36)37)16-28-29(34)32(30(35)41-28)13-14-39-25-8-4-6-20-5-2-3-7-23(20)25/h2-12,15-17H,13-14,18H2,1H3/b28-16-. The molecule has 0 aliphatic carbocycles. The van der Waals surface area contributed by atoms with Crippen LogP contribution in [0, 0.1) is 10.1 Å². The number of hydrogen-bond donors (Lipinski definition) is 0. The number of imide groups is 1. The number of thioether (sulfide) groups is 1. The van der Waals surface area contributed by atoms with Gasteiger partial charge in [-0.25, -0.2) is 0 Å². The van der Waals surface area contributed by atoms with Crippen LogP contribution in [0.15, 0.2) is 88.2 Å². The van der Waals surface area contributed by atoms with Crippen LogP contribution in [0.3, 0.4) is 0 Å². The van der Waals surface area contributed by atoms with Crippen molar-refractivity contribution >= 4 is 61.4 Å². The summed E-state index contributed by atoms with van der Waals surface area (Å²) in [6, 6.07) is 23.1. The summed E-state index contributed by atoms with van der Waals surface area (Å²) in [6.45, 7) is 0.447. The Morgan fingerprint density at radius 3 is 2.46 bits per heavy atom. The third kappa shape index (κ3) is 6.36. The molecule has 0 bridgehead atoms. The Bertz CT molecular complexity index is 1670. The van der Waals surface area contributed by atoms with Crippen molar-refractivity contribution in [2.24, 2.45) is 0 Å². The fourth-order valence-corrected chi connectivity index (χ4v) is 5.50. The van der Waals surface area contributed by atoms with Gasteiger partial charge in [0.2, 0.25) is 0 Å². The number of hydrogen-bond acceptors (Lipinski definition) is 8. The first-order valence-corrected chi connectivity index (χ1v) is 14.0. The summed E-state index contributed by atoms with van der Waals surface area (Å²) in [7, 11) is 1.50. The van der Waals surface area contributed by atoms with Gasteiger partial charge in [0.05, 0.1) is 23.5 Å². The zero-order valence-electron chi connectivity index (χ0n) is 21.7. The van der Waals surface area contributed by atoms with Crippen LogP contribution in [0.5, 0.6) is 17.2 Å². The van der Waals surface area contributed by atoms with Gasteiger partial charge in [-0.05, 0) is 64.7 Å². The van der Waals surface area contributed by atoms with Gasteiger partial charge in [0.25, 0.3) is 16.8 Å². The summed E-state index contributed by atoms with van der Waals surface area (Å²) >= 11 is 4.38. The van der Waals surface area contributed by atoms with E-state index in [9.17, 15) is 19.7 Å². The van der Waals surface area contributed by atoms with E-state index in [0.717, 1.165) is 28.1 Å². The maximum absolute atomic E-state index is 13.1. The zero-order chi connectivity index (χ0) is 28.9. The van der Waals surface area contributed by atoms with Crippen molar-refractivity contribution in [1.82, 2.24) is 4.90 Å². The number of rotatable bonds is 10. The highest BCUT2D eigenvalue weighted by Gasteiger charge is 2.35. The van der Waals surface area contributed by atoms with Gasteiger partial charge in [0.1, 0.15) is 19.0 Å². The topological polar surface area (TPSA) is 108 Å². The average Bonchev–Trinajstić information content (AvgIpc) is 3.24. The van der Waals surface area contributed by atoms with Gasteiger partial charge in [0, 0.05) is 22.0 Å². The van der Waals surface area contributed by atoms with Crippen LogP contribution in [0.1, 0.15) is 11.1 Å². The molecule has 0 spiro atoms. The summed E-state index contributed by atoms with van der Waals surface area (Å²) in [5, 5.41) is 12.5. The molecule has 0 atom stereocenters. The van der Waals surface area contributed by atoms with E-state index in [1.54, 1.807) is 30.3 Å². The van der Waals surface area contributed by atoms with Crippen molar-refractivity contribution in [1.29, 1.82) is 0 Å². The van der Waals surface area contributed by atoms with Crippen LogP contribution in [-0.2, 0) is 11.4 Å². The molecule has 4 aromatic carbocycles. The molecule has 0 N–H and O–H groups in total. The maximum atomic E-state index is 13.1. The SMILES string of the molecule is COc1cc(/C=C2\SC(=O)N(CCOc3cccc4ccccc34)C2=O)c(Br)cc1OCc1ccc([N+](=O)[O-])cc1. The second-order valence-electron chi connectivity index (χ2n) is 8.90. The molecule has 4 aromatic rings. The number of non-ortho nitro benzene ring substituents is 1. The highest BCUT2D eigenvalue weighted by molar-refractivity contribution is 9.10. The van der Waals surface area contributed by atoms with Crippen molar-refractivity contribution < 1.29 is 28.7 Å². The Morgan fingerprint density at radius 1 is 0.951 bits per heavy atom. The fraction of sp³-hybridized carbons (Fsp3) is 0.133. The lowest BCUT2D eigenvalue weighted by Crippen LogP contribution is -2.32. The molecular formula is C30H23BrN2O7S. The van der Waals surface area contributed by atoms with E-state index in [1.807, 2.05) is 42.5 Å². The van der Waals surface area contributed by atoms with Crippen LogP contribution in [0.4, 0.5) is 10.5 Å². The first kappa shape index (κ1) is 28.2. The number of halogens is 1. The van der Waals surface area contributed by atoms with E-state index in [1.165, 1.54) is 24.1 Å². The van der Waals surface area contributed by atoms with Crippen molar-refractivity contribution in [2.45, 2.75) is 6.61 Å². The number of ether oxygens (including phenoxy) is 3. The Hall–Kier alpha value is -4.35. The highest BCUT2D eigenvalue weighted by atomic mass is 79.9. The number of nitro groups is 1. The number of amides is 2. The van der Waals surface area contributed by atoms with Crippen LogP contribution < -0.4 is 14.2 Å². The lowest BCUT2D eigenvalue weighted by atomic mass is 10.1. The molecule has 41 heavy (non-hydrogen) atoms. The Balaban J connectivity index is 1.25. The van der Waals surface area contributed by atoms with E-state index in [4.69, 9.17) is 14.2 Å². The molecule has 5 rings (SSSR count). The molecule has 0 aromatic heterocycles. The smallest absolute Gasteiger partial charge is 0.293 e. The molecule has 1 saturated heterocycles. The quantitative estimate of drug-likeness (QED) is 0.102. The minimum atomic E-state index is -0.460. The van der Waals surface area contributed by atoms with Crippen molar-refractivity contribution in [3.8, 4) is 17.2 Å². The Morgan fingerprint density at radius 2 is 1.71 bits per heavy atom. The van der Waals surface area contributed by atoms with Gasteiger partial charge in [-0.3, -0.25) is 24.6 Å². The molecular weight excluding hydrogens is 612 g/mol. The predicted molar refractivity (Wildman–Crippen MR) is 160 cm³/mol. The first-order valence-electron chi connectivity index (χ1n) is 12.4. The number of fused-ring (bicyclic) bond motifs is 1. The van der Waals surface area contributed by atoms with Gasteiger partial charge in [0.15, 0.2) is 11.5 Å². The number of nitrogens with zero attached hydrogens (tertiary/aromatic N) is 2. The van der Waals surface area contributed by atoms with E-state index < -0.39 is 10.8 Å². The number of carbonyl (C=O) groups excluding carboxylic acids is 2. The number of carbonyl (C=O) groups is 2. The molecule has 1 fully saturated rings. The van der Waals surface area contributed by atoms with Gasteiger partial charge in [-0.2, -0.15) is 0 Å². The summed E-state index contributed by atoms with van der Waals surface area (Å²) < 4.78 is 17.9. The molecule has 1 aliphatic heterocycles. The lowest BCUT2D eigenvalue weighted by Gasteiger charge is -2.14. The molecule has 0 saturated carbocycles. The number of methoxy groups -OCH3 is 1. The first-order chi connectivity index (χ1) is 19.8. The molecule has 0 radical (unpaired) electrons. The number of benzene rings is 4. The molecule has 0 unspecified atom stereocenters. The zero-order valence-corrected chi connectivity index (χ0v) is 24.1. The molecule has 11 heteroatoms. The fourth-order valence-electron chi connectivity index (χ4n) is 4.21. The van der Waals surface area contributed by atoms with Crippen LogP contribution >= 0.6 is 27.7 Å². The molecule has 1 aliphatic rings. The normalized spacial score (nSPS) is 14.1. The third-order valence-corrected chi connectivity index (χ3v) is 7.90. The Kier molecular flexibility index (Phi) is 8.55. The largest absolute Gasteiger partial charge is 0.493 e. The minimum absolute atomic E-state index is 0.000170. The van der Waals surface area contributed by atoms with Crippen LogP contribution in [-0.4, -0.2) is 41.2 Å². The van der Waals surface area contributed by atoms with Crippen molar-refractivity contribution in [3.05, 3.63) is 109 Å². The van der Waals surface area contributed by atoms with Gasteiger partial charge in [-0.1, -0.05) is 52.3 Å². The monoisotopic (exact) mass is 634 g/mol. The summed E-state index contributed by atoms with van der Waals surface area (Å²) in [5.74, 6) is 1.15. The molecule has 2 amide bonds. The second-order valence-corrected chi connectivity index (χ2v) is 10.7. The van der Waals surface area contributed by atoms with Crippen LogP contribution in [0.2, 0.25) is 0 Å². The summed E-state index contributed by atoms with van der Waals surface area (Å²) in [6.07, 6.45) is 1.63. The van der Waals surface area contributed by atoms with Gasteiger partial charge >= 0.3 is 0 Å². The molecule has 9 nitrogen and oxygen atoms in total. The summed E-state index contributed by atoms with van der Waals surface area (Å²) in [4.78, 5) is 37.6. The summed E-state index contributed by atoms with van der Waals surface area (Å²) in [5.41, 5.74) is 1.37. The molecule has 208 valence electrons. The molecule has 1 heterocycles. The minimum Gasteiger partial charge on any atom is -0.493 e. The number of nitro benzene ring substituents is 1. The maximum Gasteiger partial charge on any atom is 0.293 e. The van der Waals surface area contributed by atoms with Gasteiger partial charge in [-0.15, -0.1) is 0 Å². The van der Waals surface area contributed by atoms with Crippen LogP contribution in [0.25, 0.3) is 16.8 Å². The third-order valence-electron chi connectivity index (χ3n) is 6.31. The van der Waals surface area contributed by atoms with E-state index in [2.05, 4.69) is 15.9 Å². The van der Waals surface area contributed by atoms with E-state index >= 15 is 0 Å². The lowest BCUT2D eigenvalue weighted by molar-refractivity contribution is -0.384. The van der Waals surface area contributed by atoms with E-state index in [-0.39, 0.29) is 35.6 Å². The van der Waals surface area contributed by atoms with Crippen molar-refractivity contribution in [2.75, 3.05) is 20.3 Å². The van der Waals surface area contributed by atoms with Gasteiger partial charge < -0.3 is 14.2 Å². The highest BCUT2D eigenvalue weighted by Crippen LogP contribution is 2.38. The van der Waals surface area contributed by atoms with Crippen molar-refractivity contribution in [3.63, 3.8) is 0 Å². The van der Waals surface area contributed by atoms with E-state index in [0.29, 0.717) is 27.3 Å².